The first-order valence-corrected chi connectivity index (χ1v) is 8.48. The molecule has 1 aliphatic carbocycles. The van der Waals surface area contributed by atoms with E-state index in [2.05, 4.69) is 18.7 Å². The Morgan fingerprint density at radius 2 is 2.00 bits per heavy atom. The number of hydrazine groups is 1. The maximum atomic E-state index is 6.33. The SMILES string of the molecule is C/C(N)=C/N(N)C(C(=C1CC1)N1CCCC1C(N)=S)C(C)C. The second-order valence-corrected chi connectivity index (χ2v) is 7.22. The largest absolute Gasteiger partial charge is 0.401 e. The summed E-state index contributed by atoms with van der Waals surface area (Å²) >= 11 is 5.28. The van der Waals surface area contributed by atoms with Crippen molar-refractivity contribution in [3.8, 4) is 0 Å². The monoisotopic (exact) mass is 323 g/mol. The van der Waals surface area contributed by atoms with Crippen molar-refractivity contribution in [2.24, 2.45) is 23.2 Å². The molecule has 2 rings (SSSR count). The van der Waals surface area contributed by atoms with Crippen molar-refractivity contribution in [2.45, 2.75) is 58.5 Å². The topological polar surface area (TPSA) is 84.5 Å². The van der Waals surface area contributed by atoms with E-state index in [1.807, 2.05) is 13.1 Å². The third kappa shape index (κ3) is 3.73. The van der Waals surface area contributed by atoms with Crippen LogP contribution >= 0.6 is 12.2 Å². The lowest BCUT2D eigenvalue weighted by atomic mass is 9.97. The van der Waals surface area contributed by atoms with Crippen LogP contribution in [0.15, 0.2) is 23.2 Å². The van der Waals surface area contributed by atoms with Gasteiger partial charge in [0.25, 0.3) is 0 Å². The molecule has 2 aliphatic rings. The number of allylic oxidation sites excluding steroid dienone is 2. The van der Waals surface area contributed by atoms with Gasteiger partial charge in [0.05, 0.1) is 17.1 Å². The van der Waals surface area contributed by atoms with Gasteiger partial charge in [-0.25, -0.2) is 5.84 Å². The number of nitrogens with zero attached hydrogens (tertiary/aromatic N) is 2. The van der Waals surface area contributed by atoms with E-state index in [0.29, 0.717) is 16.6 Å². The molecule has 1 saturated heterocycles. The predicted octanol–water partition coefficient (Wildman–Crippen LogP) is 1.81. The highest BCUT2D eigenvalue weighted by atomic mass is 32.1. The van der Waals surface area contributed by atoms with E-state index in [-0.39, 0.29) is 12.1 Å². The molecule has 1 heterocycles. The molecule has 0 radical (unpaired) electrons. The first-order valence-electron chi connectivity index (χ1n) is 8.07. The lowest BCUT2D eigenvalue weighted by Gasteiger charge is -2.39. The van der Waals surface area contributed by atoms with Gasteiger partial charge < -0.3 is 21.4 Å². The Bertz CT molecular complexity index is 487. The fourth-order valence-electron chi connectivity index (χ4n) is 3.37. The molecule has 1 saturated carbocycles. The van der Waals surface area contributed by atoms with Crippen molar-refractivity contribution in [1.82, 2.24) is 9.91 Å². The summed E-state index contributed by atoms with van der Waals surface area (Å²) in [4.78, 5) is 2.99. The molecular formula is C16H29N5S. The van der Waals surface area contributed by atoms with E-state index in [1.54, 1.807) is 5.01 Å². The fraction of sp³-hybridized carbons (Fsp3) is 0.688. The van der Waals surface area contributed by atoms with Crippen LogP contribution in [-0.4, -0.2) is 33.5 Å². The van der Waals surface area contributed by atoms with E-state index in [4.69, 9.17) is 29.5 Å². The molecule has 5 nitrogen and oxygen atoms in total. The number of hydrogen-bond donors (Lipinski definition) is 3. The van der Waals surface area contributed by atoms with Gasteiger partial charge in [-0.15, -0.1) is 0 Å². The minimum atomic E-state index is 0.103. The average Bonchev–Trinajstić information content (AvgIpc) is 3.10. The quantitative estimate of drug-likeness (QED) is 0.393. The van der Waals surface area contributed by atoms with Crippen molar-refractivity contribution in [1.29, 1.82) is 0 Å². The summed E-state index contributed by atoms with van der Waals surface area (Å²) in [5.74, 6) is 6.70. The Hall–Kier alpha value is -1.27. The first kappa shape index (κ1) is 17.1. The molecular weight excluding hydrogens is 294 g/mol. The van der Waals surface area contributed by atoms with E-state index in [9.17, 15) is 0 Å². The molecule has 2 atom stereocenters. The molecule has 6 N–H and O–H groups in total. The van der Waals surface area contributed by atoms with Crippen molar-refractivity contribution in [3.63, 3.8) is 0 Å². The normalized spacial score (nSPS) is 23.0. The summed E-state index contributed by atoms with van der Waals surface area (Å²) in [7, 11) is 0. The van der Waals surface area contributed by atoms with Crippen LogP contribution in [0.4, 0.5) is 0 Å². The molecule has 1 aliphatic heterocycles. The van der Waals surface area contributed by atoms with Crippen LogP contribution in [0, 0.1) is 5.92 Å². The second-order valence-electron chi connectivity index (χ2n) is 6.75. The predicted molar refractivity (Wildman–Crippen MR) is 95.4 cm³/mol. The summed E-state index contributed by atoms with van der Waals surface area (Å²) < 4.78 is 0. The van der Waals surface area contributed by atoms with Crippen molar-refractivity contribution in [3.05, 3.63) is 23.2 Å². The van der Waals surface area contributed by atoms with Gasteiger partial charge in [0.2, 0.25) is 0 Å². The molecule has 0 spiro atoms. The number of thiocarbonyl (C=S) groups is 1. The van der Waals surface area contributed by atoms with E-state index < -0.39 is 0 Å². The van der Waals surface area contributed by atoms with E-state index >= 15 is 0 Å². The summed E-state index contributed by atoms with van der Waals surface area (Å²) in [6.07, 6.45) is 6.28. The molecule has 0 aromatic rings. The summed E-state index contributed by atoms with van der Waals surface area (Å²) in [6, 6.07) is 0.265. The van der Waals surface area contributed by atoms with Crippen LogP contribution < -0.4 is 17.3 Å². The highest BCUT2D eigenvalue weighted by Crippen LogP contribution is 2.40. The third-order valence-electron chi connectivity index (χ3n) is 4.34. The lowest BCUT2D eigenvalue weighted by molar-refractivity contribution is 0.202. The van der Waals surface area contributed by atoms with Gasteiger partial charge in [0, 0.05) is 24.1 Å². The molecule has 2 fully saturated rings. The molecule has 0 aromatic carbocycles. The average molecular weight is 324 g/mol. The summed E-state index contributed by atoms with van der Waals surface area (Å²) in [6.45, 7) is 7.25. The zero-order valence-electron chi connectivity index (χ0n) is 13.9. The number of likely N-dealkylation sites (tertiary alicyclic amines) is 1. The zero-order valence-corrected chi connectivity index (χ0v) is 14.7. The Labute approximate surface area is 139 Å². The number of rotatable bonds is 6. The molecule has 0 bridgehead atoms. The molecule has 22 heavy (non-hydrogen) atoms. The van der Waals surface area contributed by atoms with E-state index in [0.717, 1.165) is 32.2 Å². The number of hydrogen-bond acceptors (Lipinski definition) is 5. The van der Waals surface area contributed by atoms with Gasteiger partial charge in [0.15, 0.2) is 0 Å². The maximum Gasteiger partial charge on any atom is 0.0955 e. The fourth-order valence-corrected chi connectivity index (χ4v) is 3.61. The van der Waals surface area contributed by atoms with Gasteiger partial charge in [-0.2, -0.15) is 0 Å². The van der Waals surface area contributed by atoms with Crippen LogP contribution in [0.2, 0.25) is 0 Å². The van der Waals surface area contributed by atoms with Crippen LogP contribution in [0.3, 0.4) is 0 Å². The minimum Gasteiger partial charge on any atom is -0.401 e. The lowest BCUT2D eigenvalue weighted by Crippen LogP contribution is -2.49. The van der Waals surface area contributed by atoms with Crippen LogP contribution in [0.5, 0.6) is 0 Å². The first-order chi connectivity index (χ1) is 10.3. The summed E-state index contributed by atoms with van der Waals surface area (Å²) in [5, 5.41) is 1.76. The Kier molecular flexibility index (Phi) is 5.34. The smallest absolute Gasteiger partial charge is 0.0955 e. The molecule has 0 aromatic heterocycles. The van der Waals surface area contributed by atoms with Gasteiger partial charge in [0.1, 0.15) is 0 Å². The van der Waals surface area contributed by atoms with Gasteiger partial charge in [-0.05, 0) is 44.1 Å². The number of nitrogens with two attached hydrogens (primary N) is 3. The summed E-state index contributed by atoms with van der Waals surface area (Å²) in [5.41, 5.74) is 15.3. The molecule has 6 heteroatoms. The Morgan fingerprint density at radius 1 is 1.36 bits per heavy atom. The van der Waals surface area contributed by atoms with Crippen LogP contribution in [-0.2, 0) is 0 Å². The molecule has 124 valence electrons. The Morgan fingerprint density at radius 3 is 2.45 bits per heavy atom. The highest BCUT2D eigenvalue weighted by Gasteiger charge is 2.38. The zero-order chi connectivity index (χ0) is 16.4. The van der Waals surface area contributed by atoms with E-state index in [1.165, 1.54) is 11.3 Å². The van der Waals surface area contributed by atoms with Crippen LogP contribution in [0.25, 0.3) is 0 Å². The third-order valence-corrected chi connectivity index (χ3v) is 4.61. The van der Waals surface area contributed by atoms with Gasteiger partial charge in [-0.1, -0.05) is 26.1 Å². The standard InChI is InChI=1S/C16H29N5S/c1-10(2)14(21(19)9-11(3)17)15(12-6-7-12)20-8-4-5-13(20)16(18)22/h9-10,13-14H,4-8,17,19H2,1-3H3,(H2,18,22)/b11-9-. The van der Waals surface area contributed by atoms with Gasteiger partial charge in [-0.3, -0.25) is 0 Å². The van der Waals surface area contributed by atoms with Crippen molar-refractivity contribution >= 4 is 17.2 Å². The highest BCUT2D eigenvalue weighted by molar-refractivity contribution is 7.80. The molecule has 0 amide bonds. The van der Waals surface area contributed by atoms with Crippen LogP contribution in [0.1, 0.15) is 46.5 Å². The van der Waals surface area contributed by atoms with Gasteiger partial charge >= 0.3 is 0 Å². The Balaban J connectivity index is 2.36. The minimum absolute atomic E-state index is 0.103. The van der Waals surface area contributed by atoms with Crippen molar-refractivity contribution in [2.75, 3.05) is 6.54 Å². The van der Waals surface area contributed by atoms with Crippen molar-refractivity contribution < 1.29 is 0 Å². The maximum absolute atomic E-state index is 6.33. The molecule has 2 unspecified atom stereocenters. The second kappa shape index (κ2) is 6.87.